The maximum atomic E-state index is 13.4. The van der Waals surface area contributed by atoms with Gasteiger partial charge in [-0.25, -0.2) is 4.98 Å². The van der Waals surface area contributed by atoms with E-state index in [1.54, 1.807) is 25.3 Å². The molecule has 2 N–H and O–H groups in total. The van der Waals surface area contributed by atoms with E-state index in [0.29, 0.717) is 26.5 Å². The predicted octanol–water partition coefficient (Wildman–Crippen LogP) is 3.15. The van der Waals surface area contributed by atoms with E-state index in [9.17, 15) is 19.7 Å². The van der Waals surface area contributed by atoms with Gasteiger partial charge in [0.05, 0.1) is 29.8 Å². The highest BCUT2D eigenvalue weighted by molar-refractivity contribution is 7.99. The molecule has 0 unspecified atom stereocenters. The summed E-state index contributed by atoms with van der Waals surface area (Å²) in [6.07, 6.45) is 0. The number of fused-ring (bicyclic) bond motifs is 3. The number of nitrogens with zero attached hydrogens (tertiary/aromatic N) is 3. The monoisotopic (exact) mass is 456 g/mol. The second-order valence-electron chi connectivity index (χ2n) is 6.61. The van der Waals surface area contributed by atoms with E-state index in [4.69, 9.17) is 10.5 Å². The maximum absolute atomic E-state index is 13.4. The van der Waals surface area contributed by atoms with Gasteiger partial charge in [-0.05, 0) is 23.8 Å². The van der Waals surface area contributed by atoms with E-state index in [0.717, 1.165) is 22.0 Å². The summed E-state index contributed by atoms with van der Waals surface area (Å²) < 4.78 is 7.77. The Morgan fingerprint density at radius 3 is 2.68 bits per heavy atom. The Bertz CT molecular complexity index is 1380. The van der Waals surface area contributed by atoms with Crippen molar-refractivity contribution in [3.05, 3.63) is 68.5 Å². The number of nitrogens with two attached hydrogens (primary N) is 1. The molecule has 2 aromatic heterocycles. The average molecular weight is 457 g/mol. The summed E-state index contributed by atoms with van der Waals surface area (Å²) in [6, 6.07) is 11.7. The first kappa shape index (κ1) is 20.8. The normalized spacial score (nSPS) is 11.1. The molecule has 4 rings (SSSR count). The van der Waals surface area contributed by atoms with Crippen molar-refractivity contribution in [1.82, 2.24) is 9.55 Å². The van der Waals surface area contributed by atoms with Crippen LogP contribution in [0.25, 0.3) is 20.3 Å². The van der Waals surface area contributed by atoms with Crippen molar-refractivity contribution in [3.63, 3.8) is 0 Å². The number of nitro groups is 1. The molecule has 0 fully saturated rings. The van der Waals surface area contributed by atoms with Crippen molar-refractivity contribution in [3.8, 4) is 5.75 Å². The summed E-state index contributed by atoms with van der Waals surface area (Å²) in [4.78, 5) is 40.0. The molecule has 0 aliphatic heterocycles. The Morgan fingerprint density at radius 2 is 2.03 bits per heavy atom. The summed E-state index contributed by atoms with van der Waals surface area (Å²) >= 11 is 2.29. The Balaban J connectivity index is 1.89. The molecule has 31 heavy (non-hydrogen) atoms. The van der Waals surface area contributed by atoms with Crippen molar-refractivity contribution in [2.75, 3.05) is 12.9 Å². The molecule has 2 aromatic carbocycles. The lowest BCUT2D eigenvalue weighted by atomic mass is 10.2. The molecular formula is C20H16N4O5S2. The molecule has 4 aromatic rings. The second-order valence-corrected chi connectivity index (χ2v) is 8.60. The average Bonchev–Trinajstić information content (AvgIpc) is 3.13. The van der Waals surface area contributed by atoms with E-state index < -0.39 is 10.8 Å². The zero-order valence-electron chi connectivity index (χ0n) is 16.2. The SMILES string of the molecule is COc1ccc(Cn2c(SCC(N)=O)nc3c(sc4ccc([N+](=O)[O-])cc43)c2=O)cc1. The first-order chi connectivity index (χ1) is 14.9. The van der Waals surface area contributed by atoms with Crippen molar-refractivity contribution < 1.29 is 14.5 Å². The van der Waals surface area contributed by atoms with E-state index in [2.05, 4.69) is 4.98 Å². The van der Waals surface area contributed by atoms with Gasteiger partial charge in [-0.15, -0.1) is 11.3 Å². The number of rotatable bonds is 7. The third kappa shape index (κ3) is 4.09. The highest BCUT2D eigenvalue weighted by Crippen LogP contribution is 2.34. The number of hydrogen-bond donors (Lipinski definition) is 1. The zero-order chi connectivity index (χ0) is 22.1. The third-order valence-corrected chi connectivity index (χ3v) is 6.72. The van der Waals surface area contributed by atoms with Crippen LogP contribution in [0.4, 0.5) is 5.69 Å². The van der Waals surface area contributed by atoms with E-state index in [1.165, 1.54) is 28.0 Å². The number of carbonyl (C=O) groups is 1. The largest absolute Gasteiger partial charge is 0.497 e. The number of thioether (sulfide) groups is 1. The van der Waals surface area contributed by atoms with Crippen molar-refractivity contribution in [2.24, 2.45) is 5.73 Å². The van der Waals surface area contributed by atoms with Crippen LogP contribution in [-0.4, -0.2) is 33.2 Å². The molecule has 1 amide bonds. The Hall–Kier alpha value is -3.44. The van der Waals surface area contributed by atoms with Gasteiger partial charge in [0.2, 0.25) is 5.91 Å². The van der Waals surface area contributed by atoms with Crippen LogP contribution >= 0.6 is 23.1 Å². The summed E-state index contributed by atoms with van der Waals surface area (Å²) in [5.41, 5.74) is 6.16. The van der Waals surface area contributed by atoms with E-state index >= 15 is 0 Å². The standard InChI is InChI=1S/C20H16N4O5S2/c1-29-13-5-2-11(3-6-13)9-23-19(26)18-17(22-20(23)30-10-16(21)25)14-8-12(24(27)28)4-7-15(14)31-18/h2-8H,9-10H2,1H3,(H2,21,25). The lowest BCUT2D eigenvalue weighted by molar-refractivity contribution is -0.384. The van der Waals surface area contributed by atoms with Gasteiger partial charge in [0.15, 0.2) is 5.16 Å². The zero-order valence-corrected chi connectivity index (χ0v) is 17.9. The molecule has 158 valence electrons. The number of non-ortho nitro benzene ring substituents is 1. The highest BCUT2D eigenvalue weighted by atomic mass is 32.2. The quantitative estimate of drug-likeness (QED) is 0.196. The van der Waals surface area contributed by atoms with Gasteiger partial charge >= 0.3 is 0 Å². The Kier molecular flexibility index (Phi) is 5.61. The smallest absolute Gasteiger partial charge is 0.272 e. The lowest BCUT2D eigenvalue weighted by Crippen LogP contribution is -2.24. The molecule has 11 heteroatoms. The van der Waals surface area contributed by atoms with Crippen LogP contribution in [0.15, 0.2) is 52.4 Å². The molecule has 0 radical (unpaired) electrons. The van der Waals surface area contributed by atoms with Crippen molar-refractivity contribution in [2.45, 2.75) is 11.7 Å². The summed E-state index contributed by atoms with van der Waals surface area (Å²) in [5, 5.41) is 12.0. The van der Waals surface area contributed by atoms with Gasteiger partial charge in [-0.1, -0.05) is 23.9 Å². The molecule has 0 aliphatic rings. The van der Waals surface area contributed by atoms with Gasteiger partial charge in [0.25, 0.3) is 11.2 Å². The molecule has 9 nitrogen and oxygen atoms in total. The van der Waals surface area contributed by atoms with Gasteiger partial charge < -0.3 is 10.5 Å². The van der Waals surface area contributed by atoms with Gasteiger partial charge in [-0.2, -0.15) is 0 Å². The first-order valence-corrected chi connectivity index (χ1v) is 10.8. The molecule has 0 saturated heterocycles. The fourth-order valence-corrected chi connectivity index (χ4v) is 4.91. The van der Waals surface area contributed by atoms with Gasteiger partial charge in [-0.3, -0.25) is 24.3 Å². The number of aromatic nitrogens is 2. The number of methoxy groups -OCH3 is 1. The molecule has 2 heterocycles. The number of ether oxygens (including phenoxy) is 1. The summed E-state index contributed by atoms with van der Waals surface area (Å²) in [7, 11) is 1.57. The minimum absolute atomic E-state index is 0.0528. The van der Waals surface area contributed by atoms with Gasteiger partial charge in [0, 0.05) is 22.2 Å². The summed E-state index contributed by atoms with van der Waals surface area (Å²) in [6.45, 7) is 0.237. The molecule has 0 bridgehead atoms. The second kappa shape index (κ2) is 8.36. The van der Waals surface area contributed by atoms with E-state index in [-0.39, 0.29) is 23.5 Å². The fourth-order valence-electron chi connectivity index (χ4n) is 3.11. The van der Waals surface area contributed by atoms with Crippen molar-refractivity contribution in [1.29, 1.82) is 0 Å². The van der Waals surface area contributed by atoms with Crippen LogP contribution in [0.2, 0.25) is 0 Å². The Morgan fingerprint density at radius 1 is 1.29 bits per heavy atom. The van der Waals surface area contributed by atoms with Crippen LogP contribution in [0, 0.1) is 10.1 Å². The van der Waals surface area contributed by atoms with Gasteiger partial charge in [0.1, 0.15) is 10.4 Å². The van der Waals surface area contributed by atoms with Crippen LogP contribution in [0.5, 0.6) is 5.75 Å². The first-order valence-electron chi connectivity index (χ1n) is 9.03. The highest BCUT2D eigenvalue weighted by Gasteiger charge is 2.19. The number of benzene rings is 2. The molecule has 0 saturated carbocycles. The van der Waals surface area contributed by atoms with Crippen LogP contribution < -0.4 is 16.0 Å². The maximum Gasteiger partial charge on any atom is 0.272 e. The molecule has 0 spiro atoms. The number of primary amides is 1. The van der Waals surface area contributed by atoms with E-state index in [1.807, 2.05) is 12.1 Å². The van der Waals surface area contributed by atoms with Crippen LogP contribution in [0.1, 0.15) is 5.56 Å². The fraction of sp³-hybridized carbons (Fsp3) is 0.150. The molecule has 0 aliphatic carbocycles. The topological polar surface area (TPSA) is 130 Å². The number of nitro benzene ring substituents is 1. The number of thiophene rings is 1. The minimum Gasteiger partial charge on any atom is -0.497 e. The third-order valence-electron chi connectivity index (χ3n) is 4.58. The number of carbonyl (C=O) groups excluding carboxylic acids is 1. The number of amides is 1. The summed E-state index contributed by atoms with van der Waals surface area (Å²) in [5.74, 6) is 0.100. The predicted molar refractivity (Wildman–Crippen MR) is 120 cm³/mol. The van der Waals surface area contributed by atoms with Crippen LogP contribution in [-0.2, 0) is 11.3 Å². The number of hydrogen-bond acceptors (Lipinski definition) is 8. The minimum atomic E-state index is -0.541. The Labute approximate surface area is 183 Å². The van der Waals surface area contributed by atoms with Crippen LogP contribution in [0.3, 0.4) is 0 Å². The lowest BCUT2D eigenvalue weighted by Gasteiger charge is -2.12. The molecule has 0 atom stereocenters. The van der Waals surface area contributed by atoms with Crippen molar-refractivity contribution >= 4 is 55.0 Å². The molecular weight excluding hydrogens is 440 g/mol.